The molecule has 0 atom stereocenters. The van der Waals surface area contributed by atoms with Crippen LogP contribution in [0.2, 0.25) is 5.02 Å². The Kier molecular flexibility index (Phi) is 4.76. The first-order chi connectivity index (χ1) is 12.0. The van der Waals surface area contributed by atoms with Gasteiger partial charge in [0.1, 0.15) is 11.3 Å². The molecule has 1 aliphatic heterocycles. The number of hydrogen-bond acceptors (Lipinski definition) is 3. The number of rotatable bonds is 4. The predicted molar refractivity (Wildman–Crippen MR) is 97.3 cm³/mol. The average molecular weight is 357 g/mol. The van der Waals surface area contributed by atoms with Gasteiger partial charge in [-0.2, -0.15) is 0 Å². The molecule has 1 fully saturated rings. The second-order valence-electron chi connectivity index (χ2n) is 5.82. The summed E-state index contributed by atoms with van der Waals surface area (Å²) in [4.78, 5) is 24.9. The Bertz CT molecular complexity index is 847. The number of nitrogens with zero attached hydrogens (tertiary/aromatic N) is 1. The summed E-state index contributed by atoms with van der Waals surface area (Å²) >= 11 is 6.06. The molecule has 3 rings (SSSR count). The summed E-state index contributed by atoms with van der Waals surface area (Å²) in [7, 11) is 0. The fourth-order valence-electron chi connectivity index (χ4n) is 2.47. The van der Waals surface area contributed by atoms with Crippen LogP contribution in [0.4, 0.5) is 5.69 Å². The maximum Gasteiger partial charge on any atom is 0.282 e. The van der Waals surface area contributed by atoms with E-state index in [9.17, 15) is 9.59 Å². The van der Waals surface area contributed by atoms with Gasteiger partial charge in [-0.3, -0.25) is 15.0 Å². The van der Waals surface area contributed by atoms with Crippen LogP contribution in [-0.2, 0) is 9.59 Å². The smallest absolute Gasteiger partial charge is 0.282 e. The fraction of sp³-hybridized carbons (Fsp3) is 0.158. The molecule has 0 saturated carbocycles. The Morgan fingerprint density at radius 2 is 1.84 bits per heavy atom. The number of carbonyl (C=O) groups excluding carboxylic acids is 2. The summed E-state index contributed by atoms with van der Waals surface area (Å²) in [6.45, 7) is 3.80. The maximum atomic E-state index is 12.6. The molecule has 6 heteroatoms. The van der Waals surface area contributed by atoms with Crippen molar-refractivity contribution in [1.29, 1.82) is 0 Å². The van der Waals surface area contributed by atoms with E-state index < -0.39 is 11.8 Å². The van der Waals surface area contributed by atoms with E-state index >= 15 is 0 Å². The van der Waals surface area contributed by atoms with E-state index in [0.29, 0.717) is 22.0 Å². The van der Waals surface area contributed by atoms with Gasteiger partial charge in [-0.25, -0.2) is 5.01 Å². The largest absolute Gasteiger partial charge is 0.490 e. The number of halogens is 1. The highest BCUT2D eigenvalue weighted by molar-refractivity contribution is 6.32. The van der Waals surface area contributed by atoms with Gasteiger partial charge in [-0.1, -0.05) is 29.8 Å². The quantitative estimate of drug-likeness (QED) is 0.672. The monoisotopic (exact) mass is 356 g/mol. The number of hydrogen-bond donors (Lipinski definition) is 1. The van der Waals surface area contributed by atoms with Crippen LogP contribution in [0.15, 0.2) is 54.1 Å². The molecule has 0 bridgehead atoms. The molecule has 0 unspecified atom stereocenters. The number of hydrazine groups is 1. The lowest BCUT2D eigenvalue weighted by atomic mass is 10.1. The molecule has 0 aromatic heterocycles. The molecule has 0 aliphatic carbocycles. The Labute approximate surface area is 150 Å². The van der Waals surface area contributed by atoms with E-state index in [1.54, 1.807) is 42.5 Å². The first kappa shape index (κ1) is 17.0. The molecule has 2 amide bonds. The van der Waals surface area contributed by atoms with Crippen molar-refractivity contribution in [3.63, 3.8) is 0 Å². The molecule has 1 aliphatic rings. The van der Waals surface area contributed by atoms with Crippen molar-refractivity contribution < 1.29 is 14.3 Å². The first-order valence-electron chi connectivity index (χ1n) is 7.84. The van der Waals surface area contributed by atoms with E-state index in [2.05, 4.69) is 5.43 Å². The van der Waals surface area contributed by atoms with Gasteiger partial charge in [-0.15, -0.1) is 0 Å². The molecule has 25 heavy (non-hydrogen) atoms. The van der Waals surface area contributed by atoms with Gasteiger partial charge in [0.15, 0.2) is 0 Å². The van der Waals surface area contributed by atoms with Crippen molar-refractivity contribution in [3.05, 3.63) is 64.7 Å². The predicted octanol–water partition coefficient (Wildman–Crippen LogP) is 3.59. The SMILES string of the molecule is CC(C)Oc1ccc(Cl)cc1C=C1C(=O)NN(c2ccccc2)C1=O. The third-order valence-electron chi connectivity index (χ3n) is 3.54. The summed E-state index contributed by atoms with van der Waals surface area (Å²) in [6, 6.07) is 14.0. The van der Waals surface area contributed by atoms with Crippen molar-refractivity contribution in [2.75, 3.05) is 5.01 Å². The van der Waals surface area contributed by atoms with Crippen molar-refractivity contribution in [1.82, 2.24) is 5.43 Å². The van der Waals surface area contributed by atoms with E-state index in [1.807, 2.05) is 19.9 Å². The highest BCUT2D eigenvalue weighted by Gasteiger charge is 2.34. The number of para-hydroxylation sites is 1. The zero-order chi connectivity index (χ0) is 18.0. The summed E-state index contributed by atoms with van der Waals surface area (Å²) < 4.78 is 5.73. The Morgan fingerprint density at radius 1 is 1.12 bits per heavy atom. The van der Waals surface area contributed by atoms with Crippen LogP contribution in [0.25, 0.3) is 6.08 Å². The molecule has 2 aromatic carbocycles. The second kappa shape index (κ2) is 6.99. The Morgan fingerprint density at radius 3 is 2.52 bits per heavy atom. The number of benzene rings is 2. The van der Waals surface area contributed by atoms with Gasteiger partial charge in [0.25, 0.3) is 11.8 Å². The molecular formula is C19H17ClN2O3. The lowest BCUT2D eigenvalue weighted by Gasteiger charge is -2.14. The number of ether oxygens (including phenoxy) is 1. The zero-order valence-corrected chi connectivity index (χ0v) is 14.6. The van der Waals surface area contributed by atoms with Crippen molar-refractivity contribution in [3.8, 4) is 5.75 Å². The number of amides is 2. The summed E-state index contributed by atoms with van der Waals surface area (Å²) in [5.41, 5.74) is 3.77. The normalized spacial score (nSPS) is 15.8. The fourth-order valence-corrected chi connectivity index (χ4v) is 2.65. The highest BCUT2D eigenvalue weighted by Crippen LogP contribution is 2.28. The highest BCUT2D eigenvalue weighted by atomic mass is 35.5. The number of nitrogens with one attached hydrogen (secondary N) is 1. The van der Waals surface area contributed by atoms with E-state index in [4.69, 9.17) is 16.3 Å². The van der Waals surface area contributed by atoms with Gasteiger partial charge in [0.05, 0.1) is 11.8 Å². The molecule has 1 N–H and O–H groups in total. The minimum absolute atomic E-state index is 0.0275. The number of carbonyl (C=O) groups is 2. The van der Waals surface area contributed by atoms with Crippen LogP contribution in [-0.4, -0.2) is 17.9 Å². The Hall–Kier alpha value is -2.79. The van der Waals surface area contributed by atoms with Crippen molar-refractivity contribution in [2.45, 2.75) is 20.0 Å². The summed E-state index contributed by atoms with van der Waals surface area (Å²) in [6.07, 6.45) is 1.46. The van der Waals surface area contributed by atoms with Crippen molar-refractivity contribution in [2.24, 2.45) is 0 Å². The van der Waals surface area contributed by atoms with Crippen LogP contribution in [0.5, 0.6) is 5.75 Å². The lowest BCUT2D eigenvalue weighted by Crippen LogP contribution is -2.35. The second-order valence-corrected chi connectivity index (χ2v) is 6.26. The molecule has 2 aromatic rings. The van der Waals surface area contributed by atoms with Crippen LogP contribution in [0.1, 0.15) is 19.4 Å². The van der Waals surface area contributed by atoms with Crippen LogP contribution in [0.3, 0.4) is 0 Å². The first-order valence-corrected chi connectivity index (χ1v) is 8.22. The lowest BCUT2D eigenvalue weighted by molar-refractivity contribution is -0.117. The molecular weight excluding hydrogens is 340 g/mol. The third-order valence-corrected chi connectivity index (χ3v) is 3.78. The molecule has 0 spiro atoms. The third kappa shape index (κ3) is 3.67. The molecule has 0 radical (unpaired) electrons. The van der Waals surface area contributed by atoms with Gasteiger partial charge in [-0.05, 0) is 50.3 Å². The summed E-state index contributed by atoms with van der Waals surface area (Å²) in [5.74, 6) is -0.332. The van der Waals surface area contributed by atoms with Crippen LogP contribution < -0.4 is 15.2 Å². The minimum Gasteiger partial charge on any atom is -0.490 e. The van der Waals surface area contributed by atoms with Crippen molar-refractivity contribution >= 4 is 35.2 Å². The van der Waals surface area contributed by atoms with Gasteiger partial charge >= 0.3 is 0 Å². The van der Waals surface area contributed by atoms with Gasteiger partial charge in [0.2, 0.25) is 0 Å². The van der Waals surface area contributed by atoms with Gasteiger partial charge in [0, 0.05) is 10.6 Å². The average Bonchev–Trinajstić information content (AvgIpc) is 2.86. The van der Waals surface area contributed by atoms with Gasteiger partial charge < -0.3 is 4.74 Å². The minimum atomic E-state index is -0.468. The molecule has 1 heterocycles. The van der Waals surface area contributed by atoms with Crippen LogP contribution >= 0.6 is 11.6 Å². The molecule has 5 nitrogen and oxygen atoms in total. The zero-order valence-electron chi connectivity index (χ0n) is 13.8. The maximum absolute atomic E-state index is 12.6. The summed E-state index contributed by atoms with van der Waals surface area (Å²) in [5, 5.41) is 1.72. The van der Waals surface area contributed by atoms with E-state index in [1.165, 1.54) is 11.1 Å². The standard InChI is InChI=1S/C19H17ClN2O3/c1-12(2)25-17-9-8-14(20)10-13(17)11-16-18(23)21-22(19(16)24)15-6-4-3-5-7-15/h3-12H,1-2H3,(H,21,23). The van der Waals surface area contributed by atoms with E-state index in [-0.39, 0.29) is 11.7 Å². The van der Waals surface area contributed by atoms with E-state index in [0.717, 1.165) is 0 Å². The van der Waals surface area contributed by atoms with Crippen LogP contribution in [0, 0.1) is 0 Å². The molecule has 1 saturated heterocycles. The Balaban J connectivity index is 1.98. The number of anilines is 1. The topological polar surface area (TPSA) is 58.6 Å². The molecule has 128 valence electrons.